The van der Waals surface area contributed by atoms with Gasteiger partial charge in [0.2, 0.25) is 0 Å². The molecule has 2 N–H and O–H groups in total. The summed E-state index contributed by atoms with van der Waals surface area (Å²) >= 11 is 0. The third kappa shape index (κ3) is 8.38. The molecule has 0 aromatic heterocycles. The zero-order chi connectivity index (χ0) is 22.8. The zero-order valence-corrected chi connectivity index (χ0v) is 19.2. The number of morpholine rings is 1. The van der Waals surface area contributed by atoms with Crippen molar-refractivity contribution >= 4 is 30.5 Å². The van der Waals surface area contributed by atoms with Crippen LogP contribution in [0.25, 0.3) is 0 Å². The second kappa shape index (κ2) is 13.4. The molecule has 2 aromatic rings. The topological polar surface area (TPSA) is 110 Å². The van der Waals surface area contributed by atoms with Crippen molar-refractivity contribution in [3.05, 3.63) is 59.2 Å². The molecule has 0 unspecified atom stereocenters. The lowest BCUT2D eigenvalue weighted by Gasteiger charge is -2.25. The number of carboxylic acids is 1. The predicted octanol–water partition coefficient (Wildman–Crippen LogP) is 2.57. The maximum atomic E-state index is 12.0. The molecule has 0 aliphatic carbocycles. The van der Waals surface area contributed by atoms with Crippen molar-refractivity contribution < 1.29 is 28.9 Å². The van der Waals surface area contributed by atoms with Gasteiger partial charge in [-0.15, -0.1) is 12.4 Å². The van der Waals surface area contributed by atoms with Crippen molar-refractivity contribution in [1.82, 2.24) is 10.3 Å². The number of carboxylic acid groups (broad SMARTS) is 1. The molecule has 9 nitrogen and oxygen atoms in total. The highest BCUT2D eigenvalue weighted by Gasteiger charge is 2.13. The fourth-order valence-corrected chi connectivity index (χ4v) is 3.07. The summed E-state index contributed by atoms with van der Waals surface area (Å²) in [6, 6.07) is 11.9. The van der Waals surface area contributed by atoms with E-state index in [4.69, 9.17) is 19.3 Å². The normalized spacial score (nSPS) is 13.8. The van der Waals surface area contributed by atoms with Gasteiger partial charge < -0.3 is 19.3 Å². The lowest BCUT2D eigenvalue weighted by Crippen LogP contribution is -2.42. The summed E-state index contributed by atoms with van der Waals surface area (Å²) in [7, 11) is 0. The Bertz CT molecular complexity index is 946. The van der Waals surface area contributed by atoms with Crippen LogP contribution in [0, 0.1) is 0 Å². The molecule has 1 saturated heterocycles. The summed E-state index contributed by atoms with van der Waals surface area (Å²) in [5, 5.41) is 13.0. The highest BCUT2D eigenvalue weighted by molar-refractivity contribution is 5.87. The number of ether oxygens (including phenoxy) is 3. The van der Waals surface area contributed by atoms with Crippen LogP contribution in [0.5, 0.6) is 11.5 Å². The van der Waals surface area contributed by atoms with Gasteiger partial charge in [-0.05, 0) is 48.4 Å². The Morgan fingerprint density at radius 1 is 1.12 bits per heavy atom. The molecule has 0 bridgehead atoms. The average molecular weight is 478 g/mol. The van der Waals surface area contributed by atoms with E-state index in [0.717, 1.165) is 24.2 Å². The van der Waals surface area contributed by atoms with Gasteiger partial charge in [0.1, 0.15) is 6.61 Å². The number of aromatic carboxylic acids is 1. The van der Waals surface area contributed by atoms with Gasteiger partial charge >= 0.3 is 5.97 Å². The maximum absolute atomic E-state index is 12.0. The minimum Gasteiger partial charge on any atom is -0.490 e. The molecule has 10 heteroatoms. The maximum Gasteiger partial charge on any atom is 0.335 e. The zero-order valence-electron chi connectivity index (χ0n) is 18.4. The Morgan fingerprint density at radius 2 is 1.85 bits per heavy atom. The van der Waals surface area contributed by atoms with Crippen LogP contribution in [0.15, 0.2) is 47.6 Å². The van der Waals surface area contributed by atoms with Crippen LogP contribution in [-0.2, 0) is 16.1 Å². The van der Waals surface area contributed by atoms with Crippen LogP contribution in [0.4, 0.5) is 0 Å². The number of hydrogen-bond acceptors (Lipinski definition) is 7. The Balaban J connectivity index is 0.00000385. The summed E-state index contributed by atoms with van der Waals surface area (Å²) in [5.74, 6) is -0.0337. The molecule has 3 rings (SSSR count). The molecule has 1 fully saturated rings. The highest BCUT2D eigenvalue weighted by Crippen LogP contribution is 2.29. The standard InChI is InChI=1S/C23H27N3O6.ClH/c1-2-31-21-13-18(14-24-25-22(27)15-26-9-11-30-12-10-26)5-8-20(21)32-16-17-3-6-19(7-4-17)23(28)29;/h3-8,13-14H,2,9-12,15-16H2,1H3,(H,25,27)(H,28,29);1H. The quantitative estimate of drug-likeness (QED) is 0.399. The van der Waals surface area contributed by atoms with E-state index >= 15 is 0 Å². The largest absolute Gasteiger partial charge is 0.490 e. The van der Waals surface area contributed by atoms with Crippen molar-refractivity contribution in [1.29, 1.82) is 0 Å². The summed E-state index contributed by atoms with van der Waals surface area (Å²) < 4.78 is 16.8. The average Bonchev–Trinajstić information content (AvgIpc) is 2.79. The first-order valence-electron chi connectivity index (χ1n) is 10.4. The third-order valence-corrected chi connectivity index (χ3v) is 4.74. The van der Waals surface area contributed by atoms with Crippen molar-refractivity contribution in [3.63, 3.8) is 0 Å². The van der Waals surface area contributed by atoms with E-state index in [9.17, 15) is 9.59 Å². The Labute approximate surface area is 198 Å². The van der Waals surface area contributed by atoms with E-state index in [1.807, 2.05) is 17.9 Å². The molecule has 0 atom stereocenters. The Morgan fingerprint density at radius 3 is 2.52 bits per heavy atom. The lowest BCUT2D eigenvalue weighted by atomic mass is 10.1. The number of hydrogen-bond donors (Lipinski definition) is 2. The van der Waals surface area contributed by atoms with Crippen LogP contribution in [0.3, 0.4) is 0 Å². The molecule has 0 radical (unpaired) electrons. The number of amides is 1. The number of hydrazone groups is 1. The third-order valence-electron chi connectivity index (χ3n) is 4.74. The number of halogens is 1. The Kier molecular flexibility index (Phi) is 10.6. The number of rotatable bonds is 10. The predicted molar refractivity (Wildman–Crippen MR) is 126 cm³/mol. The number of carbonyl (C=O) groups excluding carboxylic acids is 1. The first-order chi connectivity index (χ1) is 15.5. The number of nitrogens with one attached hydrogen (secondary N) is 1. The smallest absolute Gasteiger partial charge is 0.335 e. The summed E-state index contributed by atoms with van der Waals surface area (Å²) in [6.45, 7) is 5.63. The van der Waals surface area contributed by atoms with Gasteiger partial charge in [-0.2, -0.15) is 5.10 Å². The van der Waals surface area contributed by atoms with Crippen LogP contribution in [0.2, 0.25) is 0 Å². The van der Waals surface area contributed by atoms with Gasteiger partial charge in [0.05, 0.1) is 38.1 Å². The van der Waals surface area contributed by atoms with Crippen LogP contribution >= 0.6 is 12.4 Å². The highest BCUT2D eigenvalue weighted by atomic mass is 35.5. The van der Waals surface area contributed by atoms with Crippen molar-refractivity contribution in [3.8, 4) is 11.5 Å². The van der Waals surface area contributed by atoms with E-state index in [2.05, 4.69) is 10.5 Å². The SMILES string of the molecule is CCOc1cc(C=NNC(=O)CN2CCOCC2)ccc1OCc1ccc(C(=O)O)cc1.Cl. The van der Waals surface area contributed by atoms with Gasteiger partial charge in [-0.1, -0.05) is 12.1 Å². The molecular weight excluding hydrogens is 450 g/mol. The van der Waals surface area contributed by atoms with Crippen molar-refractivity contribution in [2.24, 2.45) is 5.10 Å². The molecule has 1 heterocycles. The first-order valence-corrected chi connectivity index (χ1v) is 10.4. The van der Waals surface area contributed by atoms with E-state index in [1.165, 1.54) is 12.1 Å². The van der Waals surface area contributed by atoms with Gasteiger partial charge in [-0.3, -0.25) is 9.69 Å². The monoisotopic (exact) mass is 477 g/mol. The van der Waals surface area contributed by atoms with Gasteiger partial charge in [0.15, 0.2) is 11.5 Å². The van der Waals surface area contributed by atoms with Crippen molar-refractivity contribution in [2.45, 2.75) is 13.5 Å². The second-order valence-electron chi connectivity index (χ2n) is 7.11. The van der Waals surface area contributed by atoms with Gasteiger partial charge in [0.25, 0.3) is 5.91 Å². The first kappa shape index (κ1) is 26.1. The molecule has 0 spiro atoms. The van der Waals surface area contributed by atoms with Crippen LogP contribution in [-0.4, -0.2) is 67.6 Å². The summed E-state index contributed by atoms with van der Waals surface area (Å²) in [5.41, 5.74) is 4.35. The molecule has 2 aromatic carbocycles. The minimum absolute atomic E-state index is 0. The van der Waals surface area contributed by atoms with E-state index in [0.29, 0.717) is 31.3 Å². The van der Waals surface area contributed by atoms with Gasteiger partial charge in [0, 0.05) is 13.1 Å². The van der Waals surface area contributed by atoms with Crippen LogP contribution in [0.1, 0.15) is 28.4 Å². The molecule has 1 amide bonds. The van der Waals surface area contributed by atoms with E-state index < -0.39 is 5.97 Å². The number of carbonyl (C=O) groups is 2. The van der Waals surface area contributed by atoms with E-state index in [1.54, 1.807) is 30.5 Å². The van der Waals surface area contributed by atoms with E-state index in [-0.39, 0.29) is 37.0 Å². The van der Waals surface area contributed by atoms with Crippen molar-refractivity contribution in [2.75, 3.05) is 39.5 Å². The van der Waals surface area contributed by atoms with Crippen LogP contribution < -0.4 is 14.9 Å². The fraction of sp³-hybridized carbons (Fsp3) is 0.348. The van der Waals surface area contributed by atoms with Gasteiger partial charge in [-0.25, -0.2) is 10.2 Å². The fourth-order valence-electron chi connectivity index (χ4n) is 3.07. The lowest BCUT2D eigenvalue weighted by molar-refractivity contribution is -0.123. The summed E-state index contributed by atoms with van der Waals surface area (Å²) in [6.07, 6.45) is 1.55. The molecule has 178 valence electrons. The molecule has 1 aliphatic heterocycles. The molecule has 1 aliphatic rings. The summed E-state index contributed by atoms with van der Waals surface area (Å²) in [4.78, 5) is 25.0. The molecular formula is C23H28ClN3O6. The number of nitrogens with zero attached hydrogens (tertiary/aromatic N) is 2. The number of benzene rings is 2. The molecule has 0 saturated carbocycles. The Hall–Kier alpha value is -3.14. The second-order valence-corrected chi connectivity index (χ2v) is 7.11. The molecule has 33 heavy (non-hydrogen) atoms. The minimum atomic E-state index is -0.967.